The van der Waals surface area contributed by atoms with Crippen molar-refractivity contribution < 1.29 is 0 Å². The van der Waals surface area contributed by atoms with Gasteiger partial charge in [0.15, 0.2) is 0 Å². The van der Waals surface area contributed by atoms with Gasteiger partial charge in [-0.3, -0.25) is 0 Å². The maximum absolute atomic E-state index is 5.60. The minimum absolute atomic E-state index is 0.500. The molecule has 1 nitrogen and oxygen atoms in total. The predicted octanol–water partition coefficient (Wildman–Crippen LogP) is 5.70. The van der Waals surface area contributed by atoms with Gasteiger partial charge in [0.2, 0.25) is 0 Å². The van der Waals surface area contributed by atoms with Crippen molar-refractivity contribution in [3.63, 3.8) is 0 Å². The lowest BCUT2D eigenvalue weighted by molar-refractivity contribution is 0.469. The second kappa shape index (κ2) is 10.9. The molecule has 0 aliphatic heterocycles. The van der Waals surface area contributed by atoms with Gasteiger partial charge < -0.3 is 5.73 Å². The topological polar surface area (TPSA) is 26.0 Å². The van der Waals surface area contributed by atoms with Crippen LogP contribution in [0, 0.1) is 12.3 Å². The molecule has 0 fully saturated rings. The largest absolute Gasteiger partial charge is 0.330 e. The molecule has 0 unspecified atom stereocenters. The molecule has 0 saturated carbocycles. The van der Waals surface area contributed by atoms with Crippen molar-refractivity contribution in [2.24, 2.45) is 11.1 Å². The molecule has 1 aromatic carbocycles. The van der Waals surface area contributed by atoms with E-state index in [1.165, 1.54) is 16.7 Å². The van der Waals surface area contributed by atoms with Crippen molar-refractivity contribution >= 4 is 0 Å². The summed E-state index contributed by atoms with van der Waals surface area (Å²) in [6.45, 7) is 20.1. The second-order valence-corrected chi connectivity index (χ2v) is 6.84. The molecule has 1 rings (SSSR count). The minimum atomic E-state index is 0.500. The molecule has 0 bridgehead atoms. The highest BCUT2D eigenvalue weighted by Gasteiger charge is 2.07. The Balaban J connectivity index is 0. The number of benzene rings is 1. The van der Waals surface area contributed by atoms with E-state index in [0.29, 0.717) is 11.3 Å². The third-order valence-corrected chi connectivity index (χ3v) is 2.46. The van der Waals surface area contributed by atoms with Crippen LogP contribution >= 0.6 is 0 Å². The number of hydrogen-bond acceptors (Lipinski definition) is 1. The minimum Gasteiger partial charge on any atom is -0.330 e. The van der Waals surface area contributed by atoms with Crippen LogP contribution in [-0.2, 0) is 6.42 Å². The third kappa shape index (κ3) is 11.0. The van der Waals surface area contributed by atoms with Crippen LogP contribution in [0.25, 0.3) is 0 Å². The summed E-state index contributed by atoms with van der Waals surface area (Å²) in [7, 11) is 0. The molecule has 0 amide bonds. The summed E-state index contributed by atoms with van der Waals surface area (Å²) in [5.74, 6) is 0.599. The maximum Gasteiger partial charge on any atom is -0.00365 e. The lowest BCUT2D eigenvalue weighted by Gasteiger charge is -2.14. The Bertz CT molecular complexity index is 339. The molecule has 1 aromatic rings. The van der Waals surface area contributed by atoms with Gasteiger partial charge in [0.05, 0.1) is 0 Å². The Labute approximate surface area is 128 Å². The van der Waals surface area contributed by atoms with Crippen LogP contribution in [0.15, 0.2) is 18.2 Å². The van der Waals surface area contributed by atoms with Crippen LogP contribution in [0.5, 0.6) is 0 Å². The zero-order chi connectivity index (χ0) is 16.3. The average Bonchev–Trinajstić information content (AvgIpc) is 2.32. The molecule has 118 valence electrons. The fourth-order valence-corrected chi connectivity index (χ4v) is 1.75. The molecule has 0 aliphatic rings. The Hall–Kier alpha value is -0.820. The molecule has 0 saturated heterocycles. The lowest BCUT2D eigenvalue weighted by Crippen LogP contribution is -2.07. The van der Waals surface area contributed by atoms with Crippen LogP contribution in [0.1, 0.15) is 78.0 Å². The van der Waals surface area contributed by atoms with E-state index < -0.39 is 0 Å². The summed E-state index contributed by atoms with van der Waals surface area (Å²) >= 11 is 0. The highest BCUT2D eigenvalue weighted by molar-refractivity contribution is 5.36. The van der Waals surface area contributed by atoms with Gasteiger partial charge in [-0.15, -0.1) is 0 Å². The average molecular weight is 280 g/mol. The fraction of sp³-hybridized carbons (Fsp3) is 0.684. The monoisotopic (exact) mass is 279 g/mol. The van der Waals surface area contributed by atoms with E-state index in [0.717, 1.165) is 13.0 Å². The summed E-state index contributed by atoms with van der Waals surface area (Å²) in [4.78, 5) is 0. The third-order valence-electron chi connectivity index (χ3n) is 2.46. The maximum atomic E-state index is 5.60. The number of nitrogens with two attached hydrogens (primary N) is 1. The molecule has 0 aliphatic carbocycles. The second-order valence-electron chi connectivity index (χ2n) is 6.84. The number of hydrogen-bond donors (Lipinski definition) is 1. The summed E-state index contributed by atoms with van der Waals surface area (Å²) in [5, 5.41) is 0. The molecule has 0 aromatic heterocycles. The van der Waals surface area contributed by atoms with Crippen LogP contribution in [0.3, 0.4) is 0 Å². The SMILES string of the molecule is CC.CC(C)(C)C.Cc1cccc(C(C)C)c1CCN. The smallest absolute Gasteiger partial charge is 0.00365 e. The van der Waals surface area contributed by atoms with E-state index in [9.17, 15) is 0 Å². The highest BCUT2D eigenvalue weighted by atomic mass is 14.5. The van der Waals surface area contributed by atoms with Gasteiger partial charge in [-0.25, -0.2) is 0 Å². The molecule has 0 radical (unpaired) electrons. The quantitative estimate of drug-likeness (QED) is 0.754. The normalized spacial score (nSPS) is 10.3. The predicted molar refractivity (Wildman–Crippen MR) is 94.5 cm³/mol. The molecule has 2 N–H and O–H groups in total. The van der Waals surface area contributed by atoms with Gasteiger partial charge in [-0.05, 0) is 47.9 Å². The van der Waals surface area contributed by atoms with E-state index >= 15 is 0 Å². The van der Waals surface area contributed by atoms with Crippen molar-refractivity contribution in [3.05, 3.63) is 34.9 Å². The van der Waals surface area contributed by atoms with Crippen molar-refractivity contribution in [2.45, 2.75) is 74.7 Å². The molecule has 20 heavy (non-hydrogen) atoms. The van der Waals surface area contributed by atoms with Crippen LogP contribution in [0.2, 0.25) is 0 Å². The van der Waals surface area contributed by atoms with Crippen molar-refractivity contribution in [1.82, 2.24) is 0 Å². The summed E-state index contributed by atoms with van der Waals surface area (Å²) < 4.78 is 0. The van der Waals surface area contributed by atoms with Gasteiger partial charge in [0, 0.05) is 0 Å². The zero-order valence-electron chi connectivity index (χ0n) is 15.3. The highest BCUT2D eigenvalue weighted by Crippen LogP contribution is 2.22. The van der Waals surface area contributed by atoms with Crippen LogP contribution < -0.4 is 5.73 Å². The van der Waals surface area contributed by atoms with E-state index in [2.05, 4.69) is 66.7 Å². The number of aryl methyl sites for hydroxylation is 1. The molecule has 1 heteroatoms. The molecule has 0 spiro atoms. The zero-order valence-corrected chi connectivity index (χ0v) is 15.3. The molecular weight excluding hydrogens is 242 g/mol. The summed E-state index contributed by atoms with van der Waals surface area (Å²) in [5.41, 5.74) is 10.4. The Morgan fingerprint density at radius 1 is 1.05 bits per heavy atom. The van der Waals surface area contributed by atoms with Gasteiger partial charge >= 0.3 is 0 Å². The summed E-state index contributed by atoms with van der Waals surface area (Å²) in [6.07, 6.45) is 1.00. The van der Waals surface area contributed by atoms with Crippen molar-refractivity contribution in [3.8, 4) is 0 Å². The standard InChI is InChI=1S/C12H19N.C5H12.C2H6/c1-9(2)11-6-4-5-10(3)12(11)7-8-13;1-5(2,3)4;1-2/h4-6,9H,7-8,13H2,1-3H3;1-4H3;1-2H3. The van der Waals surface area contributed by atoms with E-state index in [1.54, 1.807) is 0 Å². The molecular formula is C19H37N. The summed E-state index contributed by atoms with van der Waals surface area (Å²) in [6, 6.07) is 6.50. The first-order chi connectivity index (χ1) is 9.16. The Morgan fingerprint density at radius 3 is 1.85 bits per heavy atom. The van der Waals surface area contributed by atoms with Gasteiger partial charge in [0.1, 0.15) is 0 Å². The Morgan fingerprint density at radius 2 is 1.50 bits per heavy atom. The van der Waals surface area contributed by atoms with Gasteiger partial charge in [-0.1, -0.05) is 73.6 Å². The lowest BCUT2D eigenvalue weighted by atomic mass is 9.92. The Kier molecular flexibility index (Phi) is 11.7. The number of rotatable bonds is 3. The van der Waals surface area contributed by atoms with Crippen LogP contribution in [0.4, 0.5) is 0 Å². The van der Waals surface area contributed by atoms with Crippen molar-refractivity contribution in [2.75, 3.05) is 6.54 Å². The first-order valence-corrected chi connectivity index (χ1v) is 7.95. The fourth-order valence-electron chi connectivity index (χ4n) is 1.75. The van der Waals surface area contributed by atoms with E-state index in [-0.39, 0.29) is 0 Å². The first-order valence-electron chi connectivity index (χ1n) is 7.95. The van der Waals surface area contributed by atoms with Crippen LogP contribution in [-0.4, -0.2) is 6.54 Å². The van der Waals surface area contributed by atoms with Gasteiger partial charge in [-0.2, -0.15) is 0 Å². The van der Waals surface area contributed by atoms with Crippen molar-refractivity contribution in [1.29, 1.82) is 0 Å². The molecule has 0 heterocycles. The van der Waals surface area contributed by atoms with Gasteiger partial charge in [0.25, 0.3) is 0 Å². The van der Waals surface area contributed by atoms with E-state index in [4.69, 9.17) is 5.73 Å². The first kappa shape index (κ1) is 21.5. The van der Waals surface area contributed by atoms with E-state index in [1.807, 2.05) is 13.8 Å². The molecule has 0 atom stereocenters.